The van der Waals surface area contributed by atoms with E-state index in [9.17, 15) is 39.1 Å². The van der Waals surface area contributed by atoms with E-state index < -0.39 is 59.7 Å². The largest absolute Gasteiger partial charge is 0.493 e. The predicted octanol–water partition coefficient (Wildman–Crippen LogP) is 3.89. The first kappa shape index (κ1) is 40.3. The van der Waals surface area contributed by atoms with E-state index in [1.54, 1.807) is 34.6 Å². The number of hydroxylamine groups is 2. The Morgan fingerprint density at radius 2 is 1.71 bits per heavy atom. The number of esters is 1. The molecule has 15 nitrogen and oxygen atoms in total. The highest BCUT2D eigenvalue weighted by atomic mass is 16.6. The second-order valence-electron chi connectivity index (χ2n) is 12.3. The summed E-state index contributed by atoms with van der Waals surface area (Å²) in [6.07, 6.45) is 2.93. The third-order valence-electron chi connectivity index (χ3n) is 7.31. The highest BCUT2D eigenvalue weighted by molar-refractivity contribution is 6.00. The normalized spacial score (nSPS) is 13.0. The molecule has 0 aliphatic heterocycles. The molecule has 0 radical (unpaired) electrons. The van der Waals surface area contributed by atoms with E-state index in [1.807, 2.05) is 6.92 Å². The molecule has 1 aromatic carbocycles. The number of benzene rings is 1. The second-order valence-corrected chi connectivity index (χ2v) is 12.3. The van der Waals surface area contributed by atoms with Crippen molar-refractivity contribution in [3.63, 3.8) is 0 Å². The number of aliphatic carboxylic acids is 1. The SMILES string of the molecule is CCCCCC(C(=O)NCNC(=O)c1ccc(-c2ccc(C(=O)NC(CC(=O)O)C(=O)OC(C)(C)C)c(OCC)c2)o1)[C@@H](CC)N(O)C=O. The molecule has 1 aromatic heterocycles. The molecule has 15 heteroatoms. The number of hydrogen-bond acceptors (Lipinski definition) is 10. The summed E-state index contributed by atoms with van der Waals surface area (Å²) in [6.45, 7) is 10.3. The maximum atomic E-state index is 13.2. The number of furan rings is 1. The third-order valence-corrected chi connectivity index (χ3v) is 7.31. The first-order valence-electron chi connectivity index (χ1n) is 16.3. The summed E-state index contributed by atoms with van der Waals surface area (Å²) in [7, 11) is 0. The van der Waals surface area contributed by atoms with Gasteiger partial charge < -0.3 is 34.9 Å². The first-order chi connectivity index (χ1) is 23.1. The molecule has 0 saturated carbocycles. The monoisotopic (exact) mass is 688 g/mol. The van der Waals surface area contributed by atoms with Gasteiger partial charge in [0.25, 0.3) is 11.8 Å². The number of carbonyl (C=O) groups is 6. The maximum Gasteiger partial charge on any atom is 0.329 e. The summed E-state index contributed by atoms with van der Waals surface area (Å²) in [5.41, 5.74) is -0.425. The number of ether oxygens (including phenoxy) is 2. The molecule has 2 rings (SSSR count). The Labute approximate surface area is 285 Å². The number of amides is 4. The molecule has 3 atom stereocenters. The van der Waals surface area contributed by atoms with Crippen LogP contribution in [0.5, 0.6) is 5.75 Å². The van der Waals surface area contributed by atoms with Crippen molar-refractivity contribution in [3.05, 3.63) is 41.7 Å². The van der Waals surface area contributed by atoms with E-state index >= 15 is 0 Å². The molecule has 0 aliphatic carbocycles. The van der Waals surface area contributed by atoms with Gasteiger partial charge >= 0.3 is 11.9 Å². The molecule has 0 spiro atoms. The summed E-state index contributed by atoms with van der Waals surface area (Å²) in [5.74, 6) is -4.36. The van der Waals surface area contributed by atoms with Crippen molar-refractivity contribution < 1.29 is 53.0 Å². The molecule has 0 bridgehead atoms. The van der Waals surface area contributed by atoms with Crippen LogP contribution in [0, 0.1) is 5.92 Å². The van der Waals surface area contributed by atoms with Gasteiger partial charge in [-0.2, -0.15) is 0 Å². The van der Waals surface area contributed by atoms with Crippen molar-refractivity contribution in [2.75, 3.05) is 13.3 Å². The Balaban J connectivity index is 2.15. The quantitative estimate of drug-likeness (QED) is 0.0336. The molecular weight excluding hydrogens is 640 g/mol. The fraction of sp³-hybridized carbons (Fsp3) is 0.529. The summed E-state index contributed by atoms with van der Waals surface area (Å²) in [6, 6.07) is 5.26. The molecule has 4 amide bonds. The van der Waals surface area contributed by atoms with Gasteiger partial charge in [0.15, 0.2) is 5.76 Å². The Hall–Kier alpha value is -4.92. The molecule has 0 fully saturated rings. The summed E-state index contributed by atoms with van der Waals surface area (Å²) in [5, 5.41) is 27.4. The number of rotatable bonds is 20. The van der Waals surface area contributed by atoms with E-state index in [-0.39, 0.29) is 42.5 Å². The van der Waals surface area contributed by atoms with E-state index in [4.69, 9.17) is 13.9 Å². The topological polar surface area (TPSA) is 214 Å². The van der Waals surface area contributed by atoms with E-state index in [0.29, 0.717) is 23.5 Å². The number of nitrogens with zero attached hydrogens (tertiary/aromatic N) is 1. The molecule has 1 heterocycles. The van der Waals surface area contributed by atoms with Gasteiger partial charge in [-0.3, -0.25) is 29.2 Å². The summed E-state index contributed by atoms with van der Waals surface area (Å²) in [4.78, 5) is 74.1. The third kappa shape index (κ3) is 12.6. The Bertz CT molecular complexity index is 1450. The fourth-order valence-electron chi connectivity index (χ4n) is 5.01. The van der Waals surface area contributed by atoms with Gasteiger partial charge in [-0.15, -0.1) is 0 Å². The predicted molar refractivity (Wildman–Crippen MR) is 177 cm³/mol. The van der Waals surface area contributed by atoms with Crippen LogP contribution in [0.1, 0.15) is 101 Å². The maximum absolute atomic E-state index is 13.2. The van der Waals surface area contributed by atoms with Gasteiger partial charge in [0, 0.05) is 5.56 Å². The first-order valence-corrected chi connectivity index (χ1v) is 16.3. The van der Waals surface area contributed by atoms with E-state index in [0.717, 1.165) is 19.3 Å². The number of carboxylic acid groups (broad SMARTS) is 1. The average Bonchev–Trinajstić information content (AvgIpc) is 3.53. The lowest BCUT2D eigenvalue weighted by molar-refractivity contribution is -0.168. The van der Waals surface area contributed by atoms with Crippen molar-refractivity contribution in [1.82, 2.24) is 21.0 Å². The standard InChI is InChI=1S/C34H48N4O11/c1-7-10-11-12-22(25(8-2)38(46)20-39)30(42)35-19-36-32(44)27-16-15-26(48-27)21-13-14-23(28(17-21)47-9-3)31(43)37-24(18-29(40)41)33(45)49-34(4,5)6/h13-17,20,22,24-25,46H,7-12,18-19H2,1-6H3,(H,35,42)(H,36,44)(H,37,43)(H,40,41)/t22?,24?,25-/m1/s1. The fourth-order valence-corrected chi connectivity index (χ4v) is 5.01. The van der Waals surface area contributed by atoms with Crippen LogP contribution in [0.3, 0.4) is 0 Å². The minimum Gasteiger partial charge on any atom is -0.493 e. The molecule has 270 valence electrons. The molecule has 2 unspecified atom stereocenters. The highest BCUT2D eigenvalue weighted by Gasteiger charge is 2.32. The van der Waals surface area contributed by atoms with Gasteiger partial charge in [0.1, 0.15) is 23.2 Å². The Morgan fingerprint density at radius 3 is 2.31 bits per heavy atom. The Morgan fingerprint density at radius 1 is 1.00 bits per heavy atom. The van der Waals surface area contributed by atoms with Crippen LogP contribution >= 0.6 is 0 Å². The summed E-state index contributed by atoms with van der Waals surface area (Å²) >= 11 is 0. The van der Waals surface area contributed by atoms with E-state index in [1.165, 1.54) is 30.3 Å². The second kappa shape index (κ2) is 19.2. The van der Waals surface area contributed by atoms with Crippen LogP contribution in [0.25, 0.3) is 11.3 Å². The molecule has 5 N–H and O–H groups in total. The van der Waals surface area contributed by atoms with Gasteiger partial charge in [-0.1, -0.05) is 39.2 Å². The number of nitrogens with one attached hydrogen (secondary N) is 3. The molecular formula is C34H48N4O11. The zero-order valence-corrected chi connectivity index (χ0v) is 28.9. The van der Waals surface area contributed by atoms with Crippen LogP contribution in [0.2, 0.25) is 0 Å². The van der Waals surface area contributed by atoms with Crippen LogP contribution in [0.4, 0.5) is 0 Å². The van der Waals surface area contributed by atoms with Gasteiger partial charge in [-0.05, 0) is 64.8 Å². The summed E-state index contributed by atoms with van der Waals surface area (Å²) < 4.78 is 16.7. The van der Waals surface area contributed by atoms with Crippen molar-refractivity contribution in [1.29, 1.82) is 0 Å². The van der Waals surface area contributed by atoms with Crippen LogP contribution in [-0.4, -0.2) is 82.4 Å². The van der Waals surface area contributed by atoms with Crippen LogP contribution < -0.4 is 20.7 Å². The van der Waals surface area contributed by atoms with Gasteiger partial charge in [0.2, 0.25) is 12.3 Å². The van der Waals surface area contributed by atoms with Gasteiger partial charge in [-0.25, -0.2) is 9.86 Å². The lowest BCUT2D eigenvalue weighted by atomic mass is 9.90. The molecule has 0 saturated heterocycles. The van der Waals surface area contributed by atoms with Crippen molar-refractivity contribution in [3.8, 4) is 17.1 Å². The van der Waals surface area contributed by atoms with Crippen LogP contribution in [0.15, 0.2) is 34.7 Å². The van der Waals surface area contributed by atoms with Crippen molar-refractivity contribution in [2.45, 2.75) is 97.8 Å². The average molecular weight is 689 g/mol. The zero-order chi connectivity index (χ0) is 36.7. The molecule has 2 aromatic rings. The van der Waals surface area contributed by atoms with E-state index in [2.05, 4.69) is 16.0 Å². The number of unbranched alkanes of at least 4 members (excludes halogenated alkanes) is 2. The number of hydrogen-bond donors (Lipinski definition) is 5. The minimum absolute atomic E-state index is 0.0283. The molecule has 49 heavy (non-hydrogen) atoms. The number of carboxylic acids is 1. The lowest BCUT2D eigenvalue weighted by Gasteiger charge is -2.29. The Kier molecular flexibility index (Phi) is 15.7. The van der Waals surface area contributed by atoms with Gasteiger partial charge in [0.05, 0.1) is 37.2 Å². The van der Waals surface area contributed by atoms with Crippen molar-refractivity contribution >= 4 is 36.1 Å². The zero-order valence-electron chi connectivity index (χ0n) is 28.9. The molecule has 0 aliphatic rings. The smallest absolute Gasteiger partial charge is 0.329 e. The minimum atomic E-state index is -1.45. The van der Waals surface area contributed by atoms with Crippen LogP contribution in [-0.2, 0) is 23.9 Å². The number of carbonyl (C=O) groups excluding carboxylic acids is 5. The lowest BCUT2D eigenvalue weighted by Crippen LogP contribution is -2.47. The highest BCUT2D eigenvalue weighted by Crippen LogP contribution is 2.29. The van der Waals surface area contributed by atoms with Crippen molar-refractivity contribution in [2.24, 2.45) is 5.92 Å².